The highest BCUT2D eigenvalue weighted by atomic mass is 16.5. The van der Waals surface area contributed by atoms with Gasteiger partial charge in [-0.25, -0.2) is 0 Å². The highest BCUT2D eigenvalue weighted by molar-refractivity contribution is 5.96. The number of nitrogens with zero attached hydrogens (tertiary/aromatic N) is 3. The van der Waals surface area contributed by atoms with Gasteiger partial charge < -0.3 is 14.5 Å². The Morgan fingerprint density at radius 3 is 2.39 bits per heavy atom. The fourth-order valence-electron chi connectivity index (χ4n) is 4.22. The fraction of sp³-hybridized carbons (Fsp3) is 0.435. The Labute approximate surface area is 167 Å². The van der Waals surface area contributed by atoms with Gasteiger partial charge in [-0.15, -0.1) is 0 Å². The summed E-state index contributed by atoms with van der Waals surface area (Å²) >= 11 is 0. The van der Waals surface area contributed by atoms with E-state index in [1.807, 2.05) is 23.1 Å². The van der Waals surface area contributed by atoms with Crippen molar-refractivity contribution in [3.05, 3.63) is 54.1 Å². The second-order valence-electron chi connectivity index (χ2n) is 7.55. The first-order valence-corrected chi connectivity index (χ1v) is 10.2. The molecule has 5 heteroatoms. The Morgan fingerprint density at radius 2 is 1.64 bits per heavy atom. The van der Waals surface area contributed by atoms with E-state index in [2.05, 4.69) is 40.1 Å². The van der Waals surface area contributed by atoms with Gasteiger partial charge in [-0.1, -0.05) is 18.2 Å². The maximum Gasteiger partial charge on any atom is 0.227 e. The van der Waals surface area contributed by atoms with Gasteiger partial charge in [0, 0.05) is 50.5 Å². The standard InChI is InChI=1S/C23H29N3O2/c1-28-21-10-8-20(9-11-21)25-17-15-24(16-18-25)13-4-14-26-22-6-3-2-5-19(22)7-12-23(26)27/h2-3,5-6,8-11H,4,7,12-18H2,1H3. The van der Waals surface area contributed by atoms with E-state index in [1.165, 1.54) is 11.3 Å². The molecule has 1 saturated heterocycles. The molecule has 4 rings (SSSR count). The van der Waals surface area contributed by atoms with Crippen molar-refractivity contribution in [3.8, 4) is 5.75 Å². The number of benzene rings is 2. The number of carbonyl (C=O) groups is 1. The lowest BCUT2D eigenvalue weighted by Gasteiger charge is -2.36. The minimum atomic E-state index is 0.267. The van der Waals surface area contributed by atoms with Crippen LogP contribution >= 0.6 is 0 Å². The first kappa shape index (κ1) is 18.8. The van der Waals surface area contributed by atoms with Crippen molar-refractivity contribution in [3.63, 3.8) is 0 Å². The van der Waals surface area contributed by atoms with Gasteiger partial charge in [-0.3, -0.25) is 9.69 Å². The summed E-state index contributed by atoms with van der Waals surface area (Å²) in [6.07, 6.45) is 2.53. The molecule has 0 N–H and O–H groups in total. The molecule has 0 saturated carbocycles. The number of methoxy groups -OCH3 is 1. The lowest BCUT2D eigenvalue weighted by Crippen LogP contribution is -2.47. The Morgan fingerprint density at radius 1 is 0.893 bits per heavy atom. The lowest BCUT2D eigenvalue weighted by molar-refractivity contribution is -0.118. The molecule has 28 heavy (non-hydrogen) atoms. The summed E-state index contributed by atoms with van der Waals surface area (Å²) in [6, 6.07) is 16.6. The molecule has 0 aromatic heterocycles. The maximum absolute atomic E-state index is 12.4. The van der Waals surface area contributed by atoms with E-state index in [9.17, 15) is 4.79 Å². The highest BCUT2D eigenvalue weighted by Gasteiger charge is 2.24. The number of para-hydroxylation sites is 1. The van der Waals surface area contributed by atoms with Crippen molar-refractivity contribution < 1.29 is 9.53 Å². The van der Waals surface area contributed by atoms with E-state index in [1.54, 1.807) is 7.11 Å². The molecule has 5 nitrogen and oxygen atoms in total. The summed E-state index contributed by atoms with van der Waals surface area (Å²) in [4.78, 5) is 19.3. The molecule has 0 aliphatic carbocycles. The van der Waals surface area contributed by atoms with Crippen LogP contribution in [-0.4, -0.2) is 57.2 Å². The number of anilines is 2. The van der Waals surface area contributed by atoms with E-state index < -0.39 is 0 Å². The average molecular weight is 380 g/mol. The molecule has 0 atom stereocenters. The van der Waals surface area contributed by atoms with E-state index >= 15 is 0 Å². The van der Waals surface area contributed by atoms with Crippen molar-refractivity contribution in [2.75, 3.05) is 56.2 Å². The van der Waals surface area contributed by atoms with E-state index in [4.69, 9.17) is 4.74 Å². The predicted octanol–water partition coefficient (Wildman–Crippen LogP) is 3.19. The molecule has 2 aliphatic heterocycles. The van der Waals surface area contributed by atoms with Gasteiger partial charge in [0.25, 0.3) is 0 Å². The molecule has 1 amide bonds. The lowest BCUT2D eigenvalue weighted by atomic mass is 10.0. The van der Waals surface area contributed by atoms with Crippen LogP contribution in [0.1, 0.15) is 18.4 Å². The molecule has 2 heterocycles. The monoisotopic (exact) mass is 379 g/mol. The summed E-state index contributed by atoms with van der Waals surface area (Å²) in [5.41, 5.74) is 3.68. The zero-order valence-corrected chi connectivity index (χ0v) is 16.6. The smallest absolute Gasteiger partial charge is 0.227 e. The number of carbonyl (C=O) groups excluding carboxylic acids is 1. The van der Waals surface area contributed by atoms with Crippen LogP contribution in [0.4, 0.5) is 11.4 Å². The summed E-state index contributed by atoms with van der Waals surface area (Å²) < 4.78 is 5.24. The van der Waals surface area contributed by atoms with Crippen LogP contribution in [0.3, 0.4) is 0 Å². The number of hydrogen-bond donors (Lipinski definition) is 0. The van der Waals surface area contributed by atoms with Gasteiger partial charge in [0.05, 0.1) is 7.11 Å². The number of hydrogen-bond acceptors (Lipinski definition) is 4. The van der Waals surface area contributed by atoms with Crippen LogP contribution in [0.15, 0.2) is 48.5 Å². The van der Waals surface area contributed by atoms with Gasteiger partial charge in [-0.2, -0.15) is 0 Å². The molecule has 148 valence electrons. The fourth-order valence-corrected chi connectivity index (χ4v) is 4.22. The van der Waals surface area contributed by atoms with Crippen LogP contribution in [0.2, 0.25) is 0 Å². The van der Waals surface area contributed by atoms with Crippen molar-refractivity contribution in [1.82, 2.24) is 4.90 Å². The number of fused-ring (bicyclic) bond motifs is 1. The summed E-state index contributed by atoms with van der Waals surface area (Å²) in [5, 5.41) is 0. The third-order valence-electron chi connectivity index (χ3n) is 5.86. The molecule has 0 bridgehead atoms. The average Bonchev–Trinajstić information content (AvgIpc) is 2.76. The molecule has 0 unspecified atom stereocenters. The van der Waals surface area contributed by atoms with Crippen LogP contribution in [-0.2, 0) is 11.2 Å². The number of amides is 1. The predicted molar refractivity (Wildman–Crippen MR) is 113 cm³/mol. The number of aryl methyl sites for hydroxylation is 1. The SMILES string of the molecule is COc1ccc(N2CCN(CCCN3C(=O)CCc4ccccc43)CC2)cc1. The Hall–Kier alpha value is -2.53. The second kappa shape index (κ2) is 8.65. The molecular formula is C23H29N3O2. The molecule has 2 aliphatic rings. The van der Waals surface area contributed by atoms with Gasteiger partial charge in [0.15, 0.2) is 0 Å². The normalized spacial score (nSPS) is 17.5. The molecule has 1 fully saturated rings. The largest absolute Gasteiger partial charge is 0.497 e. The van der Waals surface area contributed by atoms with Gasteiger partial charge >= 0.3 is 0 Å². The van der Waals surface area contributed by atoms with Crippen molar-refractivity contribution >= 4 is 17.3 Å². The van der Waals surface area contributed by atoms with Crippen LogP contribution in [0.5, 0.6) is 5.75 Å². The van der Waals surface area contributed by atoms with Crippen molar-refractivity contribution in [1.29, 1.82) is 0 Å². The summed E-state index contributed by atoms with van der Waals surface area (Å²) in [6.45, 7) is 6.07. The first-order valence-electron chi connectivity index (χ1n) is 10.2. The number of rotatable bonds is 6. The second-order valence-corrected chi connectivity index (χ2v) is 7.55. The van der Waals surface area contributed by atoms with E-state index in [0.29, 0.717) is 6.42 Å². The molecule has 2 aromatic carbocycles. The van der Waals surface area contributed by atoms with Gasteiger partial charge in [-0.05, 0) is 55.3 Å². The van der Waals surface area contributed by atoms with Crippen molar-refractivity contribution in [2.24, 2.45) is 0 Å². The van der Waals surface area contributed by atoms with Crippen LogP contribution in [0.25, 0.3) is 0 Å². The minimum Gasteiger partial charge on any atom is -0.497 e. The minimum absolute atomic E-state index is 0.267. The Balaban J connectivity index is 1.25. The molecular weight excluding hydrogens is 350 g/mol. The van der Waals surface area contributed by atoms with E-state index in [0.717, 1.165) is 63.5 Å². The summed E-state index contributed by atoms with van der Waals surface area (Å²) in [7, 11) is 1.70. The zero-order chi connectivity index (χ0) is 19.3. The van der Waals surface area contributed by atoms with Crippen LogP contribution < -0.4 is 14.5 Å². The summed E-state index contributed by atoms with van der Waals surface area (Å²) in [5.74, 6) is 1.17. The maximum atomic E-state index is 12.4. The zero-order valence-electron chi connectivity index (χ0n) is 16.6. The molecule has 0 spiro atoms. The third kappa shape index (κ3) is 4.14. The molecule has 0 radical (unpaired) electrons. The Bertz CT molecular complexity index is 798. The van der Waals surface area contributed by atoms with Crippen LogP contribution in [0, 0.1) is 0 Å². The first-order chi connectivity index (χ1) is 13.7. The van der Waals surface area contributed by atoms with Gasteiger partial charge in [0.2, 0.25) is 5.91 Å². The topological polar surface area (TPSA) is 36.0 Å². The number of ether oxygens (including phenoxy) is 1. The highest BCUT2D eigenvalue weighted by Crippen LogP contribution is 2.27. The Kier molecular flexibility index (Phi) is 5.81. The third-order valence-corrected chi connectivity index (χ3v) is 5.86. The van der Waals surface area contributed by atoms with E-state index in [-0.39, 0.29) is 5.91 Å². The quantitative estimate of drug-likeness (QED) is 0.772. The molecule has 2 aromatic rings. The van der Waals surface area contributed by atoms with Crippen molar-refractivity contribution in [2.45, 2.75) is 19.3 Å². The number of piperazine rings is 1. The van der Waals surface area contributed by atoms with Gasteiger partial charge in [0.1, 0.15) is 5.75 Å².